The summed E-state index contributed by atoms with van der Waals surface area (Å²) in [6, 6.07) is 15.8. The number of hydrogen-bond acceptors (Lipinski definition) is 9. The Bertz CT molecular complexity index is 1590. The molecule has 2 aliphatic rings. The van der Waals surface area contributed by atoms with Crippen LogP contribution in [0.15, 0.2) is 73.9 Å². The van der Waals surface area contributed by atoms with E-state index in [9.17, 15) is 14.9 Å². The minimum Gasteiger partial charge on any atom is -0.384 e. The van der Waals surface area contributed by atoms with Crippen molar-refractivity contribution in [2.45, 2.75) is 43.4 Å². The van der Waals surface area contributed by atoms with Crippen LogP contribution in [0.1, 0.15) is 41.9 Å². The number of anilines is 2. The summed E-state index contributed by atoms with van der Waals surface area (Å²) in [6.45, 7) is 3.96. The van der Waals surface area contributed by atoms with Gasteiger partial charge in [0, 0.05) is 22.2 Å². The normalized spacial score (nSPS) is 17.2. The molecule has 8 nitrogen and oxygen atoms in total. The maximum Gasteiger partial charge on any atom is 0.234 e. The highest BCUT2D eigenvalue weighted by atomic mass is 79.9. The number of ketones is 1. The lowest BCUT2D eigenvalue weighted by atomic mass is 9.75. The van der Waals surface area contributed by atoms with Crippen molar-refractivity contribution in [3.05, 3.63) is 86.3 Å². The predicted octanol–water partition coefficient (Wildman–Crippen LogP) is 5.95. The van der Waals surface area contributed by atoms with E-state index in [1.807, 2.05) is 56.3 Å². The Labute approximate surface area is 243 Å². The molecule has 39 heavy (non-hydrogen) atoms. The van der Waals surface area contributed by atoms with Crippen molar-refractivity contribution < 1.29 is 9.59 Å². The zero-order chi connectivity index (χ0) is 27.7. The number of thioether (sulfide) groups is 1. The number of nitrogens with one attached hydrogen (secondary N) is 1. The van der Waals surface area contributed by atoms with Crippen molar-refractivity contribution in [3.8, 4) is 6.07 Å². The SMILES string of the molecule is Cc1cccc(C2C(C#N)=C(N)N(c3nnc(SCC(=O)Nc4ccc(C)cc4Br)s3)C3=C2C(=O)CCC3)c1. The first-order valence-corrected chi connectivity index (χ1v) is 14.9. The molecule has 1 aliphatic carbocycles. The molecule has 5 rings (SSSR count). The fraction of sp³-hybridized carbons (Fsp3) is 0.250. The van der Waals surface area contributed by atoms with Crippen LogP contribution < -0.4 is 16.0 Å². The molecule has 0 spiro atoms. The molecule has 198 valence electrons. The Kier molecular flexibility index (Phi) is 7.88. The van der Waals surface area contributed by atoms with Gasteiger partial charge in [-0.1, -0.05) is 59.0 Å². The molecule has 1 aromatic heterocycles. The number of nitrogens with zero attached hydrogens (tertiary/aromatic N) is 4. The van der Waals surface area contributed by atoms with E-state index < -0.39 is 5.92 Å². The van der Waals surface area contributed by atoms with Crippen LogP contribution in [-0.4, -0.2) is 27.6 Å². The monoisotopic (exact) mass is 620 g/mol. The van der Waals surface area contributed by atoms with Gasteiger partial charge in [-0.3, -0.25) is 14.5 Å². The van der Waals surface area contributed by atoms with Crippen LogP contribution in [0.3, 0.4) is 0 Å². The molecule has 3 N–H and O–H groups in total. The molecule has 0 bridgehead atoms. The van der Waals surface area contributed by atoms with Crippen LogP contribution >= 0.6 is 39.0 Å². The van der Waals surface area contributed by atoms with E-state index in [0.717, 1.165) is 26.9 Å². The van der Waals surface area contributed by atoms with Crippen LogP contribution in [0.4, 0.5) is 10.8 Å². The molecule has 1 aliphatic heterocycles. The third-order valence-electron chi connectivity index (χ3n) is 6.60. The summed E-state index contributed by atoms with van der Waals surface area (Å²) in [6.07, 6.45) is 1.76. The average Bonchev–Trinajstić information content (AvgIpc) is 3.37. The second-order valence-corrected chi connectivity index (χ2v) is 12.4. The molecule has 2 heterocycles. The Hall–Kier alpha value is -3.46. The standard InChI is InChI=1S/C28H25BrN6O2S2/c1-15-5-3-6-17(11-15)24-18(13-30)26(31)35(21-7-4-8-22(36)25(21)24)27-33-34-28(39-27)38-14-23(37)32-20-10-9-16(2)12-19(20)29/h3,5-6,9-12,24H,4,7-8,14,31H2,1-2H3,(H,32,37). The van der Waals surface area contributed by atoms with Gasteiger partial charge in [-0.25, -0.2) is 0 Å². The number of halogens is 1. The summed E-state index contributed by atoms with van der Waals surface area (Å²) in [4.78, 5) is 27.6. The smallest absolute Gasteiger partial charge is 0.234 e. The highest BCUT2D eigenvalue weighted by molar-refractivity contribution is 9.10. The number of Topliss-reactive ketones (excluding diaryl/α,β-unsaturated/α-hetero) is 1. The van der Waals surface area contributed by atoms with Gasteiger partial charge in [0.05, 0.1) is 29.0 Å². The third kappa shape index (κ3) is 5.50. The fourth-order valence-electron chi connectivity index (χ4n) is 4.87. The lowest BCUT2D eigenvalue weighted by molar-refractivity contribution is -0.116. The van der Waals surface area contributed by atoms with Crippen LogP contribution in [0.25, 0.3) is 0 Å². The van der Waals surface area contributed by atoms with Crippen LogP contribution in [0.2, 0.25) is 0 Å². The summed E-state index contributed by atoms with van der Waals surface area (Å²) < 4.78 is 1.40. The van der Waals surface area contributed by atoms with Gasteiger partial charge in [-0.15, -0.1) is 10.2 Å². The Balaban J connectivity index is 1.41. The number of carbonyl (C=O) groups excluding carboxylic acids is 2. The minimum atomic E-state index is -0.513. The quantitative estimate of drug-likeness (QED) is 0.324. The van der Waals surface area contributed by atoms with E-state index >= 15 is 0 Å². The summed E-state index contributed by atoms with van der Waals surface area (Å²) in [5, 5.41) is 22.1. The van der Waals surface area contributed by atoms with Crippen molar-refractivity contribution in [2.24, 2.45) is 5.73 Å². The maximum atomic E-state index is 13.3. The molecular formula is C28H25BrN6O2S2. The third-order valence-corrected chi connectivity index (χ3v) is 9.30. The van der Waals surface area contributed by atoms with Crippen LogP contribution in [-0.2, 0) is 9.59 Å². The molecule has 0 saturated heterocycles. The highest BCUT2D eigenvalue weighted by Gasteiger charge is 2.41. The van der Waals surface area contributed by atoms with E-state index in [-0.39, 0.29) is 23.3 Å². The van der Waals surface area contributed by atoms with Gasteiger partial charge in [0.25, 0.3) is 0 Å². The first-order valence-electron chi connectivity index (χ1n) is 12.3. The summed E-state index contributed by atoms with van der Waals surface area (Å²) in [5.41, 5.74) is 12.0. The van der Waals surface area contributed by atoms with Gasteiger partial charge in [0.1, 0.15) is 5.82 Å². The van der Waals surface area contributed by atoms with Gasteiger partial charge >= 0.3 is 0 Å². The van der Waals surface area contributed by atoms with Crippen molar-refractivity contribution >= 4 is 61.5 Å². The lowest BCUT2D eigenvalue weighted by Crippen LogP contribution is -2.38. The molecule has 0 radical (unpaired) electrons. The van der Waals surface area contributed by atoms with Gasteiger partial charge in [-0.2, -0.15) is 5.26 Å². The van der Waals surface area contributed by atoms with E-state index in [2.05, 4.69) is 37.5 Å². The summed E-state index contributed by atoms with van der Waals surface area (Å²) in [7, 11) is 0. The topological polar surface area (TPSA) is 125 Å². The number of rotatable bonds is 6. The number of aromatic nitrogens is 2. The minimum absolute atomic E-state index is 0.0195. The second-order valence-electron chi connectivity index (χ2n) is 9.40. The van der Waals surface area contributed by atoms with Crippen LogP contribution in [0.5, 0.6) is 0 Å². The Morgan fingerprint density at radius 1 is 1.23 bits per heavy atom. The number of hydrogen-bond donors (Lipinski definition) is 2. The summed E-state index contributed by atoms with van der Waals surface area (Å²) in [5.74, 6) is -0.265. The summed E-state index contributed by atoms with van der Waals surface area (Å²) >= 11 is 6.01. The molecule has 2 aromatic carbocycles. The molecule has 1 unspecified atom stereocenters. The molecule has 3 aromatic rings. The van der Waals surface area contributed by atoms with Crippen LogP contribution in [0, 0.1) is 25.2 Å². The van der Waals surface area contributed by atoms with E-state index in [0.29, 0.717) is 45.6 Å². The number of benzene rings is 2. The average molecular weight is 622 g/mol. The van der Waals surface area contributed by atoms with Gasteiger partial charge in [0.2, 0.25) is 11.0 Å². The molecule has 0 saturated carbocycles. The number of carbonyl (C=O) groups is 2. The van der Waals surface area contributed by atoms with E-state index in [4.69, 9.17) is 5.73 Å². The molecule has 11 heteroatoms. The molecule has 1 atom stereocenters. The van der Waals surface area contributed by atoms with Crippen molar-refractivity contribution in [1.29, 1.82) is 5.26 Å². The first kappa shape index (κ1) is 27.1. The number of amides is 1. The zero-order valence-corrected chi connectivity index (χ0v) is 24.5. The fourth-order valence-corrected chi connectivity index (χ4v) is 7.15. The maximum absolute atomic E-state index is 13.3. The molecule has 0 fully saturated rings. The Morgan fingerprint density at radius 3 is 2.77 bits per heavy atom. The highest BCUT2D eigenvalue weighted by Crippen LogP contribution is 2.47. The van der Waals surface area contributed by atoms with E-state index in [1.54, 1.807) is 4.90 Å². The Morgan fingerprint density at radius 2 is 2.03 bits per heavy atom. The van der Waals surface area contributed by atoms with E-state index in [1.165, 1.54) is 23.1 Å². The van der Waals surface area contributed by atoms with Gasteiger partial charge < -0.3 is 11.1 Å². The number of allylic oxidation sites excluding steroid dienone is 3. The second kappa shape index (κ2) is 11.3. The zero-order valence-electron chi connectivity index (χ0n) is 21.3. The number of nitriles is 1. The largest absolute Gasteiger partial charge is 0.384 e. The van der Waals surface area contributed by atoms with Gasteiger partial charge in [0.15, 0.2) is 10.1 Å². The number of aryl methyl sites for hydroxylation is 2. The predicted molar refractivity (Wildman–Crippen MR) is 157 cm³/mol. The molecular weight excluding hydrogens is 596 g/mol. The van der Waals surface area contributed by atoms with Crippen molar-refractivity contribution in [2.75, 3.05) is 16.0 Å². The van der Waals surface area contributed by atoms with Crippen molar-refractivity contribution in [1.82, 2.24) is 10.2 Å². The van der Waals surface area contributed by atoms with Gasteiger partial charge in [-0.05, 0) is 65.9 Å². The van der Waals surface area contributed by atoms with Crippen molar-refractivity contribution in [3.63, 3.8) is 0 Å². The number of nitrogens with two attached hydrogens (primary N) is 1. The first-order chi connectivity index (χ1) is 18.8. The lowest BCUT2D eigenvalue weighted by Gasteiger charge is -2.38. The molecule has 1 amide bonds.